The molecule has 7 atom stereocenters. The monoisotopic (exact) mass is 430 g/mol. The Labute approximate surface area is 183 Å². The molecule has 170 valence electrons. The molecule has 0 unspecified atom stereocenters. The first-order valence-electron chi connectivity index (χ1n) is 11.2. The fourth-order valence-corrected chi connectivity index (χ4v) is 6.96. The van der Waals surface area contributed by atoms with Crippen LogP contribution in [0.4, 0.5) is 0 Å². The van der Waals surface area contributed by atoms with Crippen LogP contribution in [-0.2, 0) is 14.3 Å². The van der Waals surface area contributed by atoms with Crippen LogP contribution in [0.5, 0.6) is 0 Å². The number of carbonyl (C=O) groups excluding carboxylic acids is 2. The third-order valence-electron chi connectivity index (χ3n) is 8.90. The average molecular weight is 431 g/mol. The highest BCUT2D eigenvalue weighted by atomic mass is 16.6. The lowest BCUT2D eigenvalue weighted by atomic mass is 9.60. The van der Waals surface area contributed by atoms with Gasteiger partial charge >= 0.3 is 5.97 Å². The molecule has 4 rings (SSSR count). The van der Waals surface area contributed by atoms with Crippen LogP contribution in [0.3, 0.4) is 0 Å². The molecule has 0 amide bonds. The number of hydrogen-bond acceptors (Lipinski definition) is 6. The van der Waals surface area contributed by atoms with Gasteiger partial charge in [0, 0.05) is 35.2 Å². The van der Waals surface area contributed by atoms with Gasteiger partial charge in [0.1, 0.15) is 11.2 Å². The summed E-state index contributed by atoms with van der Waals surface area (Å²) in [7, 11) is 0. The quantitative estimate of drug-likeness (QED) is 0.361. The lowest BCUT2D eigenvalue weighted by Gasteiger charge is -2.50. The molecule has 0 saturated heterocycles. The van der Waals surface area contributed by atoms with Crippen LogP contribution >= 0.6 is 0 Å². The Morgan fingerprint density at radius 1 is 1.29 bits per heavy atom. The van der Waals surface area contributed by atoms with Crippen molar-refractivity contribution in [1.82, 2.24) is 0 Å². The van der Waals surface area contributed by atoms with Crippen LogP contribution in [0.1, 0.15) is 54.4 Å². The third kappa shape index (κ3) is 2.61. The Morgan fingerprint density at radius 3 is 2.52 bits per heavy atom. The van der Waals surface area contributed by atoms with Gasteiger partial charge in [0.25, 0.3) is 0 Å². The molecule has 0 aromatic heterocycles. The van der Waals surface area contributed by atoms with Crippen molar-refractivity contribution in [1.29, 1.82) is 0 Å². The second kappa shape index (κ2) is 6.63. The first kappa shape index (κ1) is 22.4. The van der Waals surface area contributed by atoms with E-state index in [0.717, 1.165) is 0 Å². The Morgan fingerprint density at radius 2 is 1.94 bits per heavy atom. The standard InChI is InChI=1S/C25H34O6/c1-7-13(2)21(28)31-24-10-15(4)25(30)17(19(24)22(24,5)6)9-16(12-26)11-23(29)18(25)8-14(3)20(23)27/h7-9,15,17-19,26,29-30H,10-12H2,1-6H3/b13-7+/t15-,17+,18-,19+,23-,24+,25-/m1/s1. The first-order chi connectivity index (χ1) is 14.3. The smallest absolute Gasteiger partial charge is 0.333 e. The van der Waals surface area contributed by atoms with Crippen molar-refractivity contribution in [3.05, 3.63) is 34.9 Å². The lowest BCUT2D eigenvalue weighted by molar-refractivity contribution is -0.185. The van der Waals surface area contributed by atoms with E-state index in [1.165, 1.54) is 0 Å². The first-order valence-corrected chi connectivity index (χ1v) is 11.2. The summed E-state index contributed by atoms with van der Waals surface area (Å²) in [6.07, 6.45) is 5.70. The fraction of sp³-hybridized carbons (Fsp3) is 0.680. The summed E-state index contributed by atoms with van der Waals surface area (Å²) < 4.78 is 6.12. The van der Waals surface area contributed by atoms with Crippen LogP contribution in [0.25, 0.3) is 0 Å². The molecule has 31 heavy (non-hydrogen) atoms. The van der Waals surface area contributed by atoms with E-state index in [0.29, 0.717) is 23.1 Å². The summed E-state index contributed by atoms with van der Waals surface area (Å²) in [5.41, 5.74) is -2.81. The molecule has 3 N–H and O–H groups in total. The number of rotatable bonds is 3. The van der Waals surface area contributed by atoms with E-state index in [-0.39, 0.29) is 36.6 Å². The second-order valence-electron chi connectivity index (χ2n) is 10.7. The van der Waals surface area contributed by atoms with Crippen molar-refractivity contribution in [2.75, 3.05) is 6.61 Å². The largest absolute Gasteiger partial charge is 0.455 e. The molecular formula is C25H34O6. The normalized spacial score (nSPS) is 45.6. The number of fused-ring (bicyclic) bond motifs is 5. The molecule has 0 radical (unpaired) electrons. The molecule has 2 saturated carbocycles. The Bertz CT molecular complexity index is 942. The van der Waals surface area contributed by atoms with Crippen LogP contribution in [0.15, 0.2) is 34.9 Å². The van der Waals surface area contributed by atoms with Gasteiger partial charge in [-0.2, -0.15) is 0 Å². The van der Waals surface area contributed by atoms with Crippen molar-refractivity contribution in [3.8, 4) is 0 Å². The maximum absolute atomic E-state index is 12.9. The minimum absolute atomic E-state index is 0.00993. The zero-order valence-corrected chi connectivity index (χ0v) is 19.2. The van der Waals surface area contributed by atoms with Crippen LogP contribution in [0, 0.1) is 29.1 Å². The van der Waals surface area contributed by atoms with E-state index >= 15 is 0 Å². The Kier molecular flexibility index (Phi) is 4.79. The lowest BCUT2D eigenvalue weighted by Crippen LogP contribution is -2.61. The molecule has 6 nitrogen and oxygen atoms in total. The van der Waals surface area contributed by atoms with E-state index in [1.807, 2.05) is 26.8 Å². The van der Waals surface area contributed by atoms with E-state index in [1.54, 1.807) is 32.9 Å². The third-order valence-corrected chi connectivity index (χ3v) is 8.90. The van der Waals surface area contributed by atoms with Crippen LogP contribution in [0.2, 0.25) is 0 Å². The molecule has 0 bridgehead atoms. The second-order valence-corrected chi connectivity index (χ2v) is 10.7. The molecule has 2 fully saturated rings. The number of esters is 1. The van der Waals surface area contributed by atoms with Gasteiger partial charge in [-0.15, -0.1) is 0 Å². The molecule has 4 aliphatic carbocycles. The van der Waals surface area contributed by atoms with Crippen molar-refractivity contribution in [3.63, 3.8) is 0 Å². The molecule has 4 aliphatic rings. The molecule has 0 spiro atoms. The number of carbonyl (C=O) groups is 2. The zero-order valence-electron chi connectivity index (χ0n) is 19.2. The number of allylic oxidation sites excluding steroid dienone is 1. The van der Waals surface area contributed by atoms with Gasteiger partial charge in [0.05, 0.1) is 12.2 Å². The summed E-state index contributed by atoms with van der Waals surface area (Å²) in [6.45, 7) is 10.9. The maximum Gasteiger partial charge on any atom is 0.333 e. The molecular weight excluding hydrogens is 396 g/mol. The van der Waals surface area contributed by atoms with Gasteiger partial charge in [0.15, 0.2) is 5.78 Å². The summed E-state index contributed by atoms with van der Waals surface area (Å²) in [5, 5.41) is 33.7. The predicted molar refractivity (Wildman–Crippen MR) is 115 cm³/mol. The van der Waals surface area contributed by atoms with E-state index in [9.17, 15) is 24.9 Å². The number of ether oxygens (including phenoxy) is 1. The number of Topliss-reactive ketones (excluding diaryl/α,β-unsaturated/α-hetero) is 1. The van der Waals surface area contributed by atoms with Crippen LogP contribution < -0.4 is 0 Å². The summed E-state index contributed by atoms with van der Waals surface area (Å²) in [5.74, 6) is -2.55. The minimum atomic E-state index is -1.77. The van der Waals surface area contributed by atoms with Crippen molar-refractivity contribution >= 4 is 11.8 Å². The predicted octanol–water partition coefficient (Wildman–Crippen LogP) is 2.48. The van der Waals surface area contributed by atoms with E-state index in [4.69, 9.17) is 4.74 Å². The highest BCUT2D eigenvalue weighted by molar-refractivity contribution is 6.04. The van der Waals surface area contributed by atoms with Gasteiger partial charge in [-0.1, -0.05) is 39.0 Å². The molecule has 0 heterocycles. The van der Waals surface area contributed by atoms with Crippen molar-refractivity contribution in [2.45, 2.75) is 71.2 Å². The molecule has 0 aromatic rings. The number of aliphatic hydroxyl groups excluding tert-OH is 1. The van der Waals surface area contributed by atoms with Gasteiger partial charge in [-0.05, 0) is 44.3 Å². The Balaban J connectivity index is 1.85. The highest BCUT2D eigenvalue weighted by Crippen LogP contribution is 2.76. The molecule has 0 aliphatic heterocycles. The highest BCUT2D eigenvalue weighted by Gasteiger charge is 2.83. The molecule has 6 heteroatoms. The van der Waals surface area contributed by atoms with Crippen LogP contribution in [-0.4, -0.2) is 50.5 Å². The Hall–Kier alpha value is -1.76. The summed E-state index contributed by atoms with van der Waals surface area (Å²) in [4.78, 5) is 25.6. The van der Waals surface area contributed by atoms with Gasteiger partial charge < -0.3 is 20.1 Å². The fourth-order valence-electron chi connectivity index (χ4n) is 6.96. The maximum atomic E-state index is 12.9. The summed E-state index contributed by atoms with van der Waals surface area (Å²) >= 11 is 0. The number of aliphatic hydroxyl groups is 3. The zero-order chi connectivity index (χ0) is 23.1. The van der Waals surface area contributed by atoms with Crippen molar-refractivity contribution in [2.24, 2.45) is 29.1 Å². The van der Waals surface area contributed by atoms with Gasteiger partial charge in [-0.25, -0.2) is 4.79 Å². The molecule has 0 aromatic carbocycles. The minimum Gasteiger partial charge on any atom is -0.455 e. The number of ketones is 1. The summed E-state index contributed by atoms with van der Waals surface area (Å²) in [6, 6.07) is 0. The van der Waals surface area contributed by atoms with E-state index in [2.05, 4.69) is 0 Å². The van der Waals surface area contributed by atoms with Crippen molar-refractivity contribution < 1.29 is 29.6 Å². The van der Waals surface area contributed by atoms with E-state index < -0.39 is 34.1 Å². The average Bonchev–Trinajstić information content (AvgIpc) is 3.11. The number of hydrogen-bond donors (Lipinski definition) is 3. The van der Waals surface area contributed by atoms with Gasteiger partial charge in [0.2, 0.25) is 0 Å². The van der Waals surface area contributed by atoms with Gasteiger partial charge in [-0.3, -0.25) is 4.79 Å². The topological polar surface area (TPSA) is 104 Å². The SMILES string of the molecule is C/C=C(\C)C(=O)O[C@@]12C[C@@H](C)[C@@]3(O)[C@@H](C=C(CO)C[C@]4(O)C(=O)C(C)=C[C@@H]34)[C@H]1C2(C)C.